The van der Waals surface area contributed by atoms with Crippen LogP contribution in [0, 0.1) is 5.41 Å². The van der Waals surface area contributed by atoms with Crippen LogP contribution in [0.1, 0.15) is 22.8 Å². The van der Waals surface area contributed by atoms with Gasteiger partial charge in [0.25, 0.3) is 0 Å². The third-order valence-corrected chi connectivity index (χ3v) is 6.14. The molecule has 0 bridgehead atoms. The van der Waals surface area contributed by atoms with Gasteiger partial charge in [-0.2, -0.15) is 0 Å². The monoisotopic (exact) mass is 356 g/mol. The number of anilines is 1. The zero-order valence-electron chi connectivity index (χ0n) is 13.8. The van der Waals surface area contributed by atoms with Crippen LogP contribution in [0.5, 0.6) is 0 Å². The maximum absolute atomic E-state index is 12.9. The first-order chi connectivity index (χ1) is 12.2. The van der Waals surface area contributed by atoms with Gasteiger partial charge in [-0.15, -0.1) is 11.3 Å². The van der Waals surface area contributed by atoms with Crippen LogP contribution in [0.2, 0.25) is 0 Å². The van der Waals surface area contributed by atoms with E-state index in [1.807, 2.05) is 41.8 Å². The van der Waals surface area contributed by atoms with Crippen molar-refractivity contribution >= 4 is 28.8 Å². The van der Waals surface area contributed by atoms with Gasteiger partial charge in [-0.1, -0.05) is 24.3 Å². The minimum absolute atomic E-state index is 0.00520. The number of benzene rings is 1. The molecule has 1 aromatic carbocycles. The van der Waals surface area contributed by atoms with Crippen molar-refractivity contribution in [2.75, 3.05) is 24.6 Å². The Hall–Kier alpha value is -2.18. The Bertz CT molecular complexity index is 805. The molecule has 1 aliphatic carbocycles. The molecule has 0 spiro atoms. The Balaban J connectivity index is 1.46. The average molecular weight is 356 g/mol. The van der Waals surface area contributed by atoms with Crippen LogP contribution in [-0.2, 0) is 16.0 Å². The zero-order valence-corrected chi connectivity index (χ0v) is 14.6. The van der Waals surface area contributed by atoms with E-state index in [-0.39, 0.29) is 30.9 Å². The summed E-state index contributed by atoms with van der Waals surface area (Å²) in [6.07, 6.45) is 1.45. The molecule has 1 aliphatic heterocycles. The van der Waals surface area contributed by atoms with E-state index in [0.29, 0.717) is 13.0 Å². The number of aliphatic hydroxyl groups is 1. The van der Waals surface area contributed by atoms with Gasteiger partial charge in [0.2, 0.25) is 11.8 Å². The molecule has 2 atom stereocenters. The largest absolute Gasteiger partial charge is 0.395 e. The van der Waals surface area contributed by atoms with E-state index in [1.54, 1.807) is 11.3 Å². The van der Waals surface area contributed by atoms with Crippen molar-refractivity contribution in [2.45, 2.75) is 18.8 Å². The second kappa shape index (κ2) is 6.28. The van der Waals surface area contributed by atoms with Crippen LogP contribution in [0.3, 0.4) is 0 Å². The summed E-state index contributed by atoms with van der Waals surface area (Å²) in [6, 6.07) is 11.7. The molecule has 1 fully saturated rings. The van der Waals surface area contributed by atoms with Crippen molar-refractivity contribution in [3.8, 4) is 0 Å². The lowest BCUT2D eigenvalue weighted by Crippen LogP contribution is -2.48. The summed E-state index contributed by atoms with van der Waals surface area (Å²) < 4.78 is 0. The highest BCUT2D eigenvalue weighted by Crippen LogP contribution is 2.64. The number of aliphatic hydroxyl groups excluding tert-OH is 1. The average Bonchev–Trinajstić information content (AvgIpc) is 3.18. The van der Waals surface area contributed by atoms with Gasteiger partial charge >= 0.3 is 0 Å². The van der Waals surface area contributed by atoms with Gasteiger partial charge in [0, 0.05) is 23.0 Å². The summed E-state index contributed by atoms with van der Waals surface area (Å²) in [5.41, 5.74) is 1.14. The van der Waals surface area contributed by atoms with Crippen molar-refractivity contribution in [3.05, 3.63) is 52.2 Å². The van der Waals surface area contributed by atoms with Crippen LogP contribution in [0.4, 0.5) is 5.69 Å². The molecule has 6 heteroatoms. The Labute approximate surface area is 150 Å². The number of fused-ring (bicyclic) bond motifs is 3. The van der Waals surface area contributed by atoms with Crippen LogP contribution in [0.25, 0.3) is 0 Å². The summed E-state index contributed by atoms with van der Waals surface area (Å²) in [4.78, 5) is 28.0. The van der Waals surface area contributed by atoms with Crippen molar-refractivity contribution in [1.82, 2.24) is 5.32 Å². The topological polar surface area (TPSA) is 69.6 Å². The highest BCUT2D eigenvalue weighted by molar-refractivity contribution is 7.09. The molecule has 25 heavy (non-hydrogen) atoms. The fraction of sp³-hybridized carbons (Fsp3) is 0.368. The third kappa shape index (κ3) is 2.75. The molecule has 1 aromatic heterocycles. The molecule has 1 saturated carbocycles. The third-order valence-electron chi connectivity index (χ3n) is 5.21. The number of hydrogen-bond donors (Lipinski definition) is 2. The molecule has 2 N–H and O–H groups in total. The molecular weight excluding hydrogens is 336 g/mol. The predicted molar refractivity (Wildman–Crippen MR) is 96.7 cm³/mol. The number of carbonyl (C=O) groups is 2. The van der Waals surface area contributed by atoms with E-state index in [2.05, 4.69) is 5.32 Å². The number of rotatable bonds is 6. The lowest BCUT2D eigenvalue weighted by Gasteiger charge is -2.33. The highest BCUT2D eigenvalue weighted by atomic mass is 32.1. The molecule has 0 radical (unpaired) electrons. The number of para-hydroxylation sites is 1. The Morgan fingerprint density at radius 3 is 2.92 bits per heavy atom. The van der Waals surface area contributed by atoms with Crippen molar-refractivity contribution in [3.63, 3.8) is 0 Å². The zero-order chi connectivity index (χ0) is 17.4. The lowest BCUT2D eigenvalue weighted by atomic mass is 9.92. The van der Waals surface area contributed by atoms with Gasteiger partial charge in [-0.25, -0.2) is 0 Å². The van der Waals surface area contributed by atoms with Gasteiger partial charge in [0.05, 0.1) is 12.0 Å². The van der Waals surface area contributed by atoms with E-state index in [4.69, 9.17) is 0 Å². The van der Waals surface area contributed by atoms with Gasteiger partial charge in [0.1, 0.15) is 6.54 Å². The smallest absolute Gasteiger partial charge is 0.240 e. The molecule has 130 valence electrons. The van der Waals surface area contributed by atoms with Gasteiger partial charge < -0.3 is 15.3 Å². The number of thiophene rings is 1. The molecule has 2 heterocycles. The minimum atomic E-state index is -0.717. The first-order valence-corrected chi connectivity index (χ1v) is 9.34. The maximum Gasteiger partial charge on any atom is 0.240 e. The maximum atomic E-state index is 12.9. The fourth-order valence-corrected chi connectivity index (χ4v) is 4.44. The molecular formula is C19H20N2O3S. The SMILES string of the molecule is O=C(CN1C(=O)[C@@]2(CO)C[C@H]2c2ccccc21)NCCc1cccs1. The highest BCUT2D eigenvalue weighted by Gasteiger charge is 2.64. The van der Waals surface area contributed by atoms with E-state index in [0.717, 1.165) is 17.7 Å². The summed E-state index contributed by atoms with van der Waals surface area (Å²) in [7, 11) is 0. The second-order valence-electron chi connectivity index (χ2n) is 6.70. The minimum Gasteiger partial charge on any atom is -0.395 e. The number of nitrogens with one attached hydrogen (secondary N) is 1. The molecule has 0 unspecified atom stereocenters. The Morgan fingerprint density at radius 1 is 1.32 bits per heavy atom. The van der Waals surface area contributed by atoms with E-state index in [9.17, 15) is 14.7 Å². The van der Waals surface area contributed by atoms with Crippen LogP contribution in [0.15, 0.2) is 41.8 Å². The first-order valence-electron chi connectivity index (χ1n) is 8.46. The van der Waals surface area contributed by atoms with E-state index in [1.165, 1.54) is 9.78 Å². The first kappa shape index (κ1) is 16.3. The fourth-order valence-electron chi connectivity index (χ4n) is 3.73. The van der Waals surface area contributed by atoms with E-state index >= 15 is 0 Å². The standard InChI is InChI=1S/C19H20N2O3S/c22-12-19-10-15(19)14-5-1-2-6-16(14)21(18(19)24)11-17(23)20-8-7-13-4-3-9-25-13/h1-6,9,15,22H,7-8,10-12H2,(H,20,23)/t15-,19+/m0/s1. The normalized spacial score (nSPS) is 23.8. The van der Waals surface area contributed by atoms with E-state index < -0.39 is 5.41 Å². The van der Waals surface area contributed by atoms with Crippen LogP contribution in [-0.4, -0.2) is 36.6 Å². The van der Waals surface area contributed by atoms with Gasteiger partial charge in [-0.05, 0) is 35.9 Å². The number of amides is 2. The van der Waals surface area contributed by atoms with Crippen molar-refractivity contribution < 1.29 is 14.7 Å². The molecule has 2 amide bonds. The predicted octanol–water partition coefficient (Wildman–Crippen LogP) is 1.92. The Morgan fingerprint density at radius 2 is 2.16 bits per heavy atom. The number of hydrogen-bond acceptors (Lipinski definition) is 4. The molecule has 2 aliphatic rings. The summed E-state index contributed by atoms with van der Waals surface area (Å²) in [6.45, 7) is 0.382. The molecule has 4 rings (SSSR count). The van der Waals surface area contributed by atoms with Crippen LogP contribution >= 0.6 is 11.3 Å². The summed E-state index contributed by atoms with van der Waals surface area (Å²) in [5.74, 6) is -0.224. The van der Waals surface area contributed by atoms with Gasteiger partial charge in [0.15, 0.2) is 0 Å². The van der Waals surface area contributed by atoms with Crippen molar-refractivity contribution in [2.24, 2.45) is 5.41 Å². The quantitative estimate of drug-likeness (QED) is 0.831. The molecule has 5 nitrogen and oxygen atoms in total. The van der Waals surface area contributed by atoms with Gasteiger partial charge in [-0.3, -0.25) is 9.59 Å². The van der Waals surface area contributed by atoms with Crippen molar-refractivity contribution in [1.29, 1.82) is 0 Å². The lowest BCUT2D eigenvalue weighted by molar-refractivity contribution is -0.128. The molecule has 0 saturated heterocycles. The number of nitrogens with zero attached hydrogens (tertiary/aromatic N) is 1. The van der Waals surface area contributed by atoms with Crippen LogP contribution < -0.4 is 10.2 Å². The summed E-state index contributed by atoms with van der Waals surface area (Å²) >= 11 is 1.67. The Kier molecular flexibility index (Phi) is 4.09. The second-order valence-corrected chi connectivity index (χ2v) is 7.73. The summed E-state index contributed by atoms with van der Waals surface area (Å²) in [5, 5.41) is 14.6. The molecule has 2 aromatic rings. The number of carbonyl (C=O) groups excluding carboxylic acids is 2.